The summed E-state index contributed by atoms with van der Waals surface area (Å²) < 4.78 is 8.55. The number of hydrogen-bond acceptors (Lipinski definition) is 4. The monoisotopic (exact) mass is 596 g/mol. The first-order valence-electron chi connectivity index (χ1n) is 16.4. The van der Waals surface area contributed by atoms with Crippen LogP contribution in [-0.4, -0.2) is 21.1 Å². The number of fused-ring (bicyclic) bond motifs is 2. The minimum Gasteiger partial charge on any atom is -0.489 e. The van der Waals surface area contributed by atoms with Gasteiger partial charge in [0.05, 0.1) is 0 Å². The average Bonchev–Trinajstić information content (AvgIpc) is 3.52. The zero-order valence-electron chi connectivity index (χ0n) is 26.2. The first kappa shape index (κ1) is 29.2. The Labute approximate surface area is 265 Å². The molecule has 2 aliphatic carbocycles. The van der Waals surface area contributed by atoms with Gasteiger partial charge in [0.2, 0.25) is 0 Å². The molecule has 0 N–H and O–H groups in total. The molecule has 0 bridgehead atoms. The van der Waals surface area contributed by atoms with Crippen LogP contribution in [0.15, 0.2) is 97.5 Å². The highest BCUT2D eigenvalue weighted by Gasteiger charge is 2.54. The third-order valence-corrected chi connectivity index (χ3v) is 10.2. The van der Waals surface area contributed by atoms with Crippen LogP contribution in [0.3, 0.4) is 0 Å². The van der Waals surface area contributed by atoms with Crippen LogP contribution in [0, 0.1) is 12.8 Å². The van der Waals surface area contributed by atoms with Gasteiger partial charge in [0.25, 0.3) is 0 Å². The number of nitrogens with zero attached hydrogens (tertiary/aromatic N) is 2. The fraction of sp³-hybridized carbons (Fsp3) is 0.325. The predicted molar refractivity (Wildman–Crippen MR) is 178 cm³/mol. The van der Waals surface area contributed by atoms with E-state index in [2.05, 4.69) is 41.7 Å². The second-order valence-corrected chi connectivity index (χ2v) is 12.9. The number of rotatable bonds is 9. The second kappa shape index (κ2) is 12.1. The van der Waals surface area contributed by atoms with Crippen LogP contribution in [0.5, 0.6) is 5.75 Å². The molecule has 5 nitrogen and oxygen atoms in total. The van der Waals surface area contributed by atoms with E-state index in [0.29, 0.717) is 35.4 Å². The van der Waals surface area contributed by atoms with E-state index >= 15 is 0 Å². The Balaban J connectivity index is 1.32. The Morgan fingerprint density at radius 2 is 1.62 bits per heavy atom. The van der Waals surface area contributed by atoms with Crippen molar-refractivity contribution in [3.8, 4) is 5.75 Å². The summed E-state index contributed by atoms with van der Waals surface area (Å²) in [6.07, 6.45) is 13.5. The molecule has 0 aliphatic heterocycles. The number of aryl methyl sites for hydroxylation is 1. The molecule has 0 radical (unpaired) electrons. The van der Waals surface area contributed by atoms with Gasteiger partial charge in [-0.2, -0.15) is 0 Å². The molecule has 1 saturated carbocycles. The SMILES string of the molecule is CCC(C1CCCCC1)n1cc(C)c2ccc(C3(Cc4ccncc4)C(=O)c4ccc(OCc5ccccc5)cc4C3=O)cc21. The lowest BCUT2D eigenvalue weighted by Crippen LogP contribution is -2.40. The summed E-state index contributed by atoms with van der Waals surface area (Å²) in [5.74, 6) is 0.901. The van der Waals surface area contributed by atoms with Crippen molar-refractivity contribution in [2.24, 2.45) is 5.92 Å². The zero-order chi connectivity index (χ0) is 31.0. The van der Waals surface area contributed by atoms with Gasteiger partial charge in [0, 0.05) is 46.7 Å². The first-order valence-corrected chi connectivity index (χ1v) is 16.4. The van der Waals surface area contributed by atoms with Crippen molar-refractivity contribution < 1.29 is 14.3 Å². The fourth-order valence-electron chi connectivity index (χ4n) is 7.88. The quantitative estimate of drug-likeness (QED) is 0.159. The minimum absolute atomic E-state index is 0.151. The van der Waals surface area contributed by atoms with Gasteiger partial charge in [-0.3, -0.25) is 14.6 Å². The number of ketones is 2. The zero-order valence-corrected chi connectivity index (χ0v) is 26.2. The van der Waals surface area contributed by atoms with E-state index in [1.165, 1.54) is 43.1 Å². The molecule has 5 aromatic rings. The standard InChI is InChI=1S/C40H40N2O3/c1-3-36(30-12-8-5-9-13-30)42-25-27(2)33-16-14-31(22-37(33)42)40(24-28-18-20-41-21-19-28)38(43)34-17-15-32(23-35(34)39(40)44)45-26-29-10-6-4-7-11-29/h4,6-7,10-11,14-23,25,30,36H,3,5,8-9,12-13,24,26H2,1-2H3. The lowest BCUT2D eigenvalue weighted by atomic mass is 9.71. The normalized spacial score (nSPS) is 19.2. The van der Waals surface area contributed by atoms with E-state index in [1.54, 1.807) is 24.5 Å². The molecule has 2 heterocycles. The maximum absolute atomic E-state index is 14.7. The van der Waals surface area contributed by atoms with Crippen molar-refractivity contribution in [3.63, 3.8) is 0 Å². The van der Waals surface area contributed by atoms with E-state index in [9.17, 15) is 9.59 Å². The molecule has 2 atom stereocenters. The Morgan fingerprint density at radius 3 is 2.38 bits per heavy atom. The summed E-state index contributed by atoms with van der Waals surface area (Å²) in [6.45, 7) is 4.83. The number of carbonyl (C=O) groups excluding carboxylic acids is 2. The van der Waals surface area contributed by atoms with Crippen LogP contribution in [0.25, 0.3) is 10.9 Å². The molecule has 2 aliphatic rings. The van der Waals surface area contributed by atoms with E-state index in [0.717, 1.165) is 28.6 Å². The van der Waals surface area contributed by atoms with Crippen molar-refractivity contribution in [2.75, 3.05) is 0 Å². The van der Waals surface area contributed by atoms with Crippen LogP contribution < -0.4 is 4.74 Å². The lowest BCUT2D eigenvalue weighted by molar-refractivity contribution is 0.0793. The fourth-order valence-corrected chi connectivity index (χ4v) is 7.88. The Kier molecular flexibility index (Phi) is 7.87. The number of ether oxygens (including phenoxy) is 1. The third-order valence-electron chi connectivity index (χ3n) is 10.2. The van der Waals surface area contributed by atoms with E-state index in [4.69, 9.17) is 4.74 Å². The highest BCUT2D eigenvalue weighted by molar-refractivity contribution is 6.33. The summed E-state index contributed by atoms with van der Waals surface area (Å²) in [4.78, 5) is 33.5. The van der Waals surface area contributed by atoms with Gasteiger partial charge < -0.3 is 9.30 Å². The molecular formula is C40H40N2O3. The maximum Gasteiger partial charge on any atom is 0.182 e. The predicted octanol–water partition coefficient (Wildman–Crippen LogP) is 9.01. The smallest absolute Gasteiger partial charge is 0.182 e. The second-order valence-electron chi connectivity index (χ2n) is 12.9. The summed E-state index contributed by atoms with van der Waals surface area (Å²) in [5, 5.41) is 1.18. The molecule has 5 heteroatoms. The summed E-state index contributed by atoms with van der Waals surface area (Å²) in [6, 6.07) is 25.7. The largest absolute Gasteiger partial charge is 0.489 e. The molecule has 45 heavy (non-hydrogen) atoms. The van der Waals surface area contributed by atoms with Crippen molar-refractivity contribution in [3.05, 3.63) is 131 Å². The Hall–Kier alpha value is -4.51. The number of pyridine rings is 1. The maximum atomic E-state index is 14.7. The van der Waals surface area contributed by atoms with Gasteiger partial charge in [-0.1, -0.05) is 68.7 Å². The van der Waals surface area contributed by atoms with Gasteiger partial charge in [-0.05, 0) is 97.2 Å². The van der Waals surface area contributed by atoms with E-state index in [-0.39, 0.29) is 18.0 Å². The number of aromatic nitrogens is 2. The summed E-state index contributed by atoms with van der Waals surface area (Å²) >= 11 is 0. The van der Waals surface area contributed by atoms with Gasteiger partial charge >= 0.3 is 0 Å². The van der Waals surface area contributed by atoms with Crippen LogP contribution >= 0.6 is 0 Å². The molecule has 2 aromatic heterocycles. The molecule has 0 amide bonds. The molecule has 7 rings (SSSR count). The molecule has 0 spiro atoms. The molecule has 3 aromatic carbocycles. The van der Waals surface area contributed by atoms with Crippen molar-refractivity contribution >= 4 is 22.5 Å². The van der Waals surface area contributed by atoms with Crippen LogP contribution in [-0.2, 0) is 18.4 Å². The Bertz CT molecular complexity index is 1850. The van der Waals surface area contributed by atoms with Gasteiger partial charge in [-0.25, -0.2) is 0 Å². The van der Waals surface area contributed by atoms with Crippen molar-refractivity contribution in [1.29, 1.82) is 0 Å². The van der Waals surface area contributed by atoms with Crippen LogP contribution in [0.2, 0.25) is 0 Å². The minimum atomic E-state index is -1.37. The van der Waals surface area contributed by atoms with Crippen LogP contribution in [0.1, 0.15) is 94.5 Å². The first-order chi connectivity index (χ1) is 22.0. The van der Waals surface area contributed by atoms with Crippen molar-refractivity contribution in [2.45, 2.75) is 76.9 Å². The van der Waals surface area contributed by atoms with Gasteiger partial charge in [0.1, 0.15) is 17.8 Å². The van der Waals surface area contributed by atoms with Gasteiger partial charge in [-0.15, -0.1) is 0 Å². The van der Waals surface area contributed by atoms with E-state index in [1.807, 2.05) is 54.6 Å². The number of carbonyl (C=O) groups is 2. The summed E-state index contributed by atoms with van der Waals surface area (Å²) in [7, 11) is 0. The lowest BCUT2D eigenvalue weighted by Gasteiger charge is -2.32. The summed E-state index contributed by atoms with van der Waals surface area (Å²) in [5.41, 5.74) is 4.55. The van der Waals surface area contributed by atoms with Gasteiger partial charge in [0.15, 0.2) is 11.6 Å². The van der Waals surface area contributed by atoms with E-state index < -0.39 is 5.41 Å². The third kappa shape index (κ3) is 5.18. The van der Waals surface area contributed by atoms with Crippen molar-refractivity contribution in [1.82, 2.24) is 9.55 Å². The molecule has 228 valence electrons. The number of Topliss-reactive ketones (excluding diaryl/α,β-unsaturated/α-hetero) is 2. The molecule has 2 unspecified atom stereocenters. The average molecular weight is 597 g/mol. The van der Waals surface area contributed by atoms with Crippen LogP contribution in [0.4, 0.5) is 0 Å². The number of hydrogen-bond donors (Lipinski definition) is 0. The molecule has 1 fully saturated rings. The molecular weight excluding hydrogens is 556 g/mol. The highest BCUT2D eigenvalue weighted by atomic mass is 16.5. The Morgan fingerprint density at radius 1 is 0.867 bits per heavy atom. The number of benzene rings is 3. The highest BCUT2D eigenvalue weighted by Crippen LogP contribution is 2.45. The molecule has 0 saturated heterocycles. The topological polar surface area (TPSA) is 61.2 Å².